The second-order valence-electron chi connectivity index (χ2n) is 2.01. The predicted octanol–water partition coefficient (Wildman–Crippen LogP) is 1.03. The van der Waals surface area contributed by atoms with Crippen molar-refractivity contribution in [3.8, 4) is 0 Å². The van der Waals surface area contributed by atoms with Crippen LogP contribution in [-0.2, 0) is 0 Å². The number of benzene rings is 1. The maximum atomic E-state index is 5.44. The summed E-state index contributed by atoms with van der Waals surface area (Å²) in [6.45, 7) is 3.68. The summed E-state index contributed by atoms with van der Waals surface area (Å²) in [5.74, 6) is 0. The molecule has 0 heterocycles. The molecule has 2 heteroatoms. The van der Waals surface area contributed by atoms with Gasteiger partial charge < -0.3 is 11.5 Å². The maximum absolute atomic E-state index is 5.44. The van der Waals surface area contributed by atoms with Crippen LogP contribution in [0.2, 0.25) is 0 Å². The highest BCUT2D eigenvalue weighted by molar-refractivity contribution is 5.54. The third kappa shape index (κ3) is 1.35. The van der Waals surface area contributed by atoms with Gasteiger partial charge in [0.1, 0.15) is 0 Å². The van der Waals surface area contributed by atoms with Gasteiger partial charge in [0, 0.05) is 11.4 Å². The largest absolute Gasteiger partial charge is 0.399 e. The molecular formula is C7H9N2. The lowest BCUT2D eigenvalue weighted by molar-refractivity contribution is 1.60. The highest BCUT2D eigenvalue weighted by Gasteiger charge is 1.88. The SMILES string of the molecule is [CH2]c1cc(N)cc(N)c1. The summed E-state index contributed by atoms with van der Waals surface area (Å²) in [5, 5.41) is 0. The molecule has 0 aromatic heterocycles. The van der Waals surface area contributed by atoms with Gasteiger partial charge in [0.2, 0.25) is 0 Å². The molecule has 1 rings (SSSR count). The van der Waals surface area contributed by atoms with Crippen LogP contribution in [-0.4, -0.2) is 0 Å². The van der Waals surface area contributed by atoms with Crippen molar-refractivity contribution >= 4 is 11.4 Å². The number of hydrogen-bond acceptors (Lipinski definition) is 2. The van der Waals surface area contributed by atoms with E-state index in [0.29, 0.717) is 11.4 Å². The summed E-state index contributed by atoms with van der Waals surface area (Å²) in [4.78, 5) is 0. The van der Waals surface area contributed by atoms with Crippen LogP contribution in [0.4, 0.5) is 11.4 Å². The Bertz CT molecular complexity index is 168. The van der Waals surface area contributed by atoms with Crippen molar-refractivity contribution in [1.82, 2.24) is 0 Å². The molecule has 0 aliphatic carbocycles. The van der Waals surface area contributed by atoms with Crippen LogP contribution < -0.4 is 11.5 Å². The highest BCUT2D eigenvalue weighted by Crippen LogP contribution is 2.11. The molecule has 0 aliphatic heterocycles. The van der Waals surface area contributed by atoms with E-state index >= 15 is 0 Å². The van der Waals surface area contributed by atoms with Crippen LogP contribution in [0.25, 0.3) is 0 Å². The summed E-state index contributed by atoms with van der Waals surface area (Å²) in [5.41, 5.74) is 13.1. The first-order valence-electron chi connectivity index (χ1n) is 2.66. The number of rotatable bonds is 0. The normalized spacial score (nSPS) is 9.44. The van der Waals surface area contributed by atoms with Crippen LogP contribution in [0.1, 0.15) is 5.56 Å². The Balaban J connectivity index is 3.17. The van der Waals surface area contributed by atoms with E-state index < -0.39 is 0 Å². The molecule has 47 valence electrons. The van der Waals surface area contributed by atoms with Gasteiger partial charge in [-0.25, -0.2) is 0 Å². The van der Waals surface area contributed by atoms with E-state index in [-0.39, 0.29) is 0 Å². The number of anilines is 2. The molecule has 0 aliphatic rings. The van der Waals surface area contributed by atoms with Crippen molar-refractivity contribution in [2.75, 3.05) is 11.5 Å². The van der Waals surface area contributed by atoms with Crippen LogP contribution in [0, 0.1) is 6.92 Å². The average molecular weight is 121 g/mol. The summed E-state index contributed by atoms with van der Waals surface area (Å²) >= 11 is 0. The molecule has 9 heavy (non-hydrogen) atoms. The lowest BCUT2D eigenvalue weighted by Crippen LogP contribution is -1.90. The topological polar surface area (TPSA) is 52.0 Å². The molecule has 1 radical (unpaired) electrons. The zero-order valence-electron chi connectivity index (χ0n) is 5.09. The van der Waals surface area contributed by atoms with E-state index in [4.69, 9.17) is 11.5 Å². The monoisotopic (exact) mass is 121 g/mol. The molecule has 0 saturated heterocycles. The molecular weight excluding hydrogens is 112 g/mol. The van der Waals surface area contributed by atoms with Gasteiger partial charge in [0.05, 0.1) is 0 Å². The fourth-order valence-corrected chi connectivity index (χ4v) is 0.746. The minimum Gasteiger partial charge on any atom is -0.399 e. The Morgan fingerprint density at radius 2 is 1.44 bits per heavy atom. The smallest absolute Gasteiger partial charge is 0.0337 e. The summed E-state index contributed by atoms with van der Waals surface area (Å²) in [6.07, 6.45) is 0. The fourth-order valence-electron chi connectivity index (χ4n) is 0.746. The fraction of sp³-hybridized carbons (Fsp3) is 0. The first-order chi connectivity index (χ1) is 4.18. The Morgan fingerprint density at radius 3 is 1.78 bits per heavy atom. The number of nitrogen functional groups attached to an aromatic ring is 2. The molecule has 0 fully saturated rings. The first kappa shape index (κ1) is 5.95. The molecule has 0 spiro atoms. The van der Waals surface area contributed by atoms with Crippen molar-refractivity contribution < 1.29 is 0 Å². The Kier molecular flexibility index (Phi) is 1.30. The van der Waals surface area contributed by atoms with Crippen molar-refractivity contribution in [3.63, 3.8) is 0 Å². The van der Waals surface area contributed by atoms with Gasteiger partial charge in [-0.3, -0.25) is 0 Å². The van der Waals surface area contributed by atoms with Gasteiger partial charge in [0.15, 0.2) is 0 Å². The third-order valence-corrected chi connectivity index (χ3v) is 1.04. The zero-order valence-corrected chi connectivity index (χ0v) is 5.09. The second-order valence-corrected chi connectivity index (χ2v) is 2.01. The Labute approximate surface area is 54.5 Å². The molecule has 2 nitrogen and oxygen atoms in total. The van der Waals surface area contributed by atoms with Gasteiger partial charge in [-0.2, -0.15) is 0 Å². The summed E-state index contributed by atoms with van der Waals surface area (Å²) in [6, 6.07) is 5.25. The van der Waals surface area contributed by atoms with E-state index in [1.54, 1.807) is 18.2 Å². The van der Waals surface area contributed by atoms with Crippen LogP contribution in [0.5, 0.6) is 0 Å². The van der Waals surface area contributed by atoms with Crippen molar-refractivity contribution in [1.29, 1.82) is 0 Å². The van der Waals surface area contributed by atoms with E-state index in [9.17, 15) is 0 Å². The first-order valence-corrected chi connectivity index (χ1v) is 2.66. The van der Waals surface area contributed by atoms with Crippen LogP contribution in [0.15, 0.2) is 18.2 Å². The minimum atomic E-state index is 0.667. The Morgan fingerprint density at radius 1 is 1.00 bits per heavy atom. The predicted molar refractivity (Wildman–Crippen MR) is 39.7 cm³/mol. The van der Waals surface area contributed by atoms with Crippen molar-refractivity contribution in [2.45, 2.75) is 0 Å². The van der Waals surface area contributed by atoms with E-state index in [2.05, 4.69) is 6.92 Å². The molecule has 1 aromatic carbocycles. The zero-order chi connectivity index (χ0) is 6.85. The third-order valence-electron chi connectivity index (χ3n) is 1.04. The van der Waals surface area contributed by atoms with Gasteiger partial charge in [-0.1, -0.05) is 0 Å². The molecule has 0 saturated carbocycles. The molecule has 0 bridgehead atoms. The standard InChI is InChI=1S/C7H9N2/c1-5-2-6(8)4-7(9)3-5/h2-4H,1,8-9H2. The average Bonchev–Trinajstić information content (AvgIpc) is 1.59. The van der Waals surface area contributed by atoms with Crippen molar-refractivity contribution in [2.24, 2.45) is 0 Å². The van der Waals surface area contributed by atoms with E-state index in [1.807, 2.05) is 0 Å². The van der Waals surface area contributed by atoms with Crippen molar-refractivity contribution in [3.05, 3.63) is 30.7 Å². The van der Waals surface area contributed by atoms with Gasteiger partial charge in [0.25, 0.3) is 0 Å². The summed E-state index contributed by atoms with van der Waals surface area (Å²) < 4.78 is 0. The number of hydrogen-bond donors (Lipinski definition) is 2. The lowest BCUT2D eigenvalue weighted by Gasteiger charge is -1.96. The lowest BCUT2D eigenvalue weighted by atomic mass is 10.2. The molecule has 1 aromatic rings. The molecule has 0 unspecified atom stereocenters. The van der Waals surface area contributed by atoms with Gasteiger partial charge in [-0.05, 0) is 30.7 Å². The quantitative estimate of drug-likeness (QED) is 0.504. The van der Waals surface area contributed by atoms with Crippen LogP contribution in [0.3, 0.4) is 0 Å². The summed E-state index contributed by atoms with van der Waals surface area (Å²) in [7, 11) is 0. The Hall–Kier alpha value is -1.18. The second kappa shape index (κ2) is 1.97. The van der Waals surface area contributed by atoms with Gasteiger partial charge >= 0.3 is 0 Å². The van der Waals surface area contributed by atoms with E-state index in [1.165, 1.54) is 0 Å². The minimum absolute atomic E-state index is 0.667. The van der Waals surface area contributed by atoms with Crippen LogP contribution >= 0.6 is 0 Å². The maximum Gasteiger partial charge on any atom is 0.0337 e. The van der Waals surface area contributed by atoms with Gasteiger partial charge in [-0.15, -0.1) is 0 Å². The highest BCUT2D eigenvalue weighted by atomic mass is 14.6. The molecule has 0 amide bonds. The molecule has 0 atom stereocenters. The van der Waals surface area contributed by atoms with E-state index in [0.717, 1.165) is 5.56 Å². The molecule has 4 N–H and O–H groups in total. The number of nitrogens with two attached hydrogens (primary N) is 2.